The quantitative estimate of drug-likeness (QED) is 0.772. The van der Waals surface area contributed by atoms with Gasteiger partial charge >= 0.3 is 5.97 Å². The fourth-order valence-electron chi connectivity index (χ4n) is 2.73. The third kappa shape index (κ3) is 3.24. The lowest BCUT2D eigenvalue weighted by atomic mass is 10.1. The van der Waals surface area contributed by atoms with Crippen molar-refractivity contribution >= 4 is 23.4 Å². The van der Waals surface area contributed by atoms with Crippen LogP contribution in [0.4, 0.5) is 14.5 Å². The molecule has 2 aromatic carbocycles. The number of rotatable bonds is 4. The van der Waals surface area contributed by atoms with Crippen molar-refractivity contribution < 1.29 is 18.3 Å². The van der Waals surface area contributed by atoms with Gasteiger partial charge in [-0.2, -0.15) is 0 Å². The Morgan fingerprint density at radius 2 is 2.04 bits per heavy atom. The highest BCUT2D eigenvalue weighted by Gasteiger charge is 2.24. The molecule has 6 heteroatoms. The monoisotopic (exact) mass is 349 g/mol. The largest absolute Gasteiger partial charge is 0.462 e. The smallest absolute Gasteiger partial charge is 0.338 e. The second kappa shape index (κ2) is 7.21. The van der Waals surface area contributed by atoms with Crippen molar-refractivity contribution in [3.05, 3.63) is 59.2 Å². The lowest BCUT2D eigenvalue weighted by molar-refractivity contribution is 0.0524. The number of esters is 1. The predicted octanol–water partition coefficient (Wildman–Crippen LogP) is 4.25. The summed E-state index contributed by atoms with van der Waals surface area (Å²) in [5.74, 6) is -1.73. The first-order chi connectivity index (χ1) is 11.6. The van der Waals surface area contributed by atoms with Crippen molar-refractivity contribution in [2.45, 2.75) is 18.4 Å². The summed E-state index contributed by atoms with van der Waals surface area (Å²) < 4.78 is 33.1. The van der Waals surface area contributed by atoms with Gasteiger partial charge in [0.05, 0.1) is 17.9 Å². The molecule has 0 radical (unpaired) electrons. The highest BCUT2D eigenvalue weighted by molar-refractivity contribution is 7.99. The van der Waals surface area contributed by atoms with E-state index >= 15 is 0 Å². The zero-order valence-electron chi connectivity index (χ0n) is 13.2. The van der Waals surface area contributed by atoms with Crippen LogP contribution in [0.3, 0.4) is 0 Å². The van der Waals surface area contributed by atoms with E-state index in [1.165, 1.54) is 6.07 Å². The molecule has 0 spiro atoms. The van der Waals surface area contributed by atoms with Crippen LogP contribution < -0.4 is 4.90 Å². The Morgan fingerprint density at radius 1 is 1.25 bits per heavy atom. The number of fused-ring (bicyclic) bond motifs is 1. The number of carbonyl (C=O) groups excluding carboxylic acids is 1. The minimum absolute atomic E-state index is 0.0372. The van der Waals surface area contributed by atoms with Crippen molar-refractivity contribution in [2.24, 2.45) is 0 Å². The molecule has 1 aliphatic rings. The molecule has 0 fully saturated rings. The number of para-hydroxylation sites is 1. The number of hydrogen-bond acceptors (Lipinski definition) is 4. The lowest BCUT2D eigenvalue weighted by Gasteiger charge is -2.31. The minimum atomic E-state index is -0.990. The zero-order chi connectivity index (χ0) is 17.1. The Labute approximate surface area is 143 Å². The number of hydrogen-bond donors (Lipinski definition) is 0. The fraction of sp³-hybridized carbons (Fsp3) is 0.278. The SMILES string of the molecule is CCOC(=O)c1ccc(F)c(F)c1CN1CCSc2ccccc21. The van der Waals surface area contributed by atoms with Gasteiger partial charge in [0.25, 0.3) is 0 Å². The van der Waals surface area contributed by atoms with Gasteiger partial charge in [-0.3, -0.25) is 0 Å². The van der Waals surface area contributed by atoms with Gasteiger partial charge in [-0.05, 0) is 31.2 Å². The Bertz CT molecular complexity index is 767. The molecule has 126 valence electrons. The standard InChI is InChI=1S/C18H17F2NO2S/c1-2-23-18(22)12-7-8-14(19)17(20)13(12)11-21-9-10-24-16-6-4-3-5-15(16)21/h3-8H,2,9-11H2,1H3. The summed E-state index contributed by atoms with van der Waals surface area (Å²) >= 11 is 1.73. The average Bonchev–Trinajstić information content (AvgIpc) is 2.59. The molecular weight excluding hydrogens is 332 g/mol. The van der Waals surface area contributed by atoms with Gasteiger partial charge in [-0.15, -0.1) is 11.8 Å². The Kier molecular flexibility index (Phi) is 5.04. The lowest BCUT2D eigenvalue weighted by Crippen LogP contribution is -2.30. The van der Waals surface area contributed by atoms with Gasteiger partial charge < -0.3 is 9.64 Å². The summed E-state index contributed by atoms with van der Waals surface area (Å²) in [6, 6.07) is 10.1. The van der Waals surface area contributed by atoms with Crippen LogP contribution >= 0.6 is 11.8 Å². The predicted molar refractivity (Wildman–Crippen MR) is 90.5 cm³/mol. The molecule has 0 atom stereocenters. The third-order valence-electron chi connectivity index (χ3n) is 3.87. The molecule has 0 aliphatic carbocycles. The molecule has 3 nitrogen and oxygen atoms in total. The van der Waals surface area contributed by atoms with Gasteiger partial charge in [0.1, 0.15) is 0 Å². The molecule has 1 aliphatic heterocycles. The van der Waals surface area contributed by atoms with E-state index in [1.54, 1.807) is 18.7 Å². The van der Waals surface area contributed by atoms with Crippen LogP contribution in [0.25, 0.3) is 0 Å². The number of ether oxygens (including phenoxy) is 1. The maximum atomic E-state index is 14.4. The second-order valence-corrected chi connectivity index (χ2v) is 6.48. The summed E-state index contributed by atoms with van der Waals surface area (Å²) in [5.41, 5.74) is 1.08. The average molecular weight is 349 g/mol. The highest BCUT2D eigenvalue weighted by atomic mass is 32.2. The Balaban J connectivity index is 1.98. The number of carbonyl (C=O) groups is 1. The van der Waals surface area contributed by atoms with E-state index in [-0.39, 0.29) is 24.3 Å². The number of anilines is 1. The van der Waals surface area contributed by atoms with Crippen molar-refractivity contribution in [3.63, 3.8) is 0 Å². The van der Waals surface area contributed by atoms with E-state index < -0.39 is 17.6 Å². The van der Waals surface area contributed by atoms with E-state index in [2.05, 4.69) is 0 Å². The normalized spacial score (nSPS) is 13.5. The molecule has 0 unspecified atom stereocenters. The third-order valence-corrected chi connectivity index (χ3v) is 4.91. The maximum absolute atomic E-state index is 14.4. The van der Waals surface area contributed by atoms with Crippen LogP contribution in [0, 0.1) is 11.6 Å². The molecule has 0 aromatic heterocycles. The van der Waals surface area contributed by atoms with Crippen molar-refractivity contribution in [1.29, 1.82) is 0 Å². The number of nitrogens with zero attached hydrogens (tertiary/aromatic N) is 1. The molecule has 3 rings (SSSR count). The number of halogens is 2. The van der Waals surface area contributed by atoms with Crippen LogP contribution in [0.15, 0.2) is 41.3 Å². The Morgan fingerprint density at radius 3 is 2.83 bits per heavy atom. The van der Waals surface area contributed by atoms with Crippen molar-refractivity contribution in [1.82, 2.24) is 0 Å². The Hall–Kier alpha value is -2.08. The first-order valence-corrected chi connectivity index (χ1v) is 8.71. The maximum Gasteiger partial charge on any atom is 0.338 e. The van der Waals surface area contributed by atoms with E-state index in [4.69, 9.17) is 4.74 Å². The van der Waals surface area contributed by atoms with Crippen LogP contribution in [-0.4, -0.2) is 24.9 Å². The molecule has 0 amide bonds. The van der Waals surface area contributed by atoms with E-state index in [0.29, 0.717) is 6.54 Å². The van der Waals surface area contributed by atoms with Crippen LogP contribution in [0.1, 0.15) is 22.8 Å². The van der Waals surface area contributed by atoms with E-state index in [9.17, 15) is 13.6 Å². The van der Waals surface area contributed by atoms with Gasteiger partial charge in [0, 0.05) is 29.3 Å². The molecule has 2 aromatic rings. The highest BCUT2D eigenvalue weighted by Crippen LogP contribution is 2.35. The van der Waals surface area contributed by atoms with Gasteiger partial charge in [-0.25, -0.2) is 13.6 Å². The van der Waals surface area contributed by atoms with Gasteiger partial charge in [0.15, 0.2) is 11.6 Å². The van der Waals surface area contributed by atoms with Crippen molar-refractivity contribution in [2.75, 3.05) is 23.8 Å². The van der Waals surface area contributed by atoms with E-state index in [0.717, 1.165) is 22.4 Å². The molecule has 1 heterocycles. The fourth-order valence-corrected chi connectivity index (χ4v) is 3.78. The van der Waals surface area contributed by atoms with Crippen molar-refractivity contribution in [3.8, 4) is 0 Å². The van der Waals surface area contributed by atoms with Gasteiger partial charge in [0.2, 0.25) is 0 Å². The summed E-state index contributed by atoms with van der Waals surface area (Å²) in [6.07, 6.45) is 0. The summed E-state index contributed by atoms with van der Waals surface area (Å²) in [7, 11) is 0. The summed E-state index contributed by atoms with van der Waals surface area (Å²) in [4.78, 5) is 15.1. The molecule has 0 bridgehead atoms. The first kappa shape index (κ1) is 16.8. The first-order valence-electron chi connectivity index (χ1n) is 7.72. The topological polar surface area (TPSA) is 29.5 Å². The molecule has 0 saturated carbocycles. The molecule has 0 saturated heterocycles. The summed E-state index contributed by atoms with van der Waals surface area (Å²) in [5, 5.41) is 0. The second-order valence-electron chi connectivity index (χ2n) is 5.35. The summed E-state index contributed by atoms with van der Waals surface area (Å²) in [6.45, 7) is 2.67. The zero-order valence-corrected chi connectivity index (χ0v) is 14.0. The number of benzene rings is 2. The van der Waals surface area contributed by atoms with Crippen LogP contribution in [0.2, 0.25) is 0 Å². The van der Waals surface area contributed by atoms with Gasteiger partial charge in [-0.1, -0.05) is 12.1 Å². The molecule has 0 N–H and O–H groups in total. The number of thioether (sulfide) groups is 1. The molecular formula is C18H17F2NO2S. The minimum Gasteiger partial charge on any atom is -0.462 e. The molecule has 24 heavy (non-hydrogen) atoms. The van der Waals surface area contributed by atoms with E-state index in [1.807, 2.05) is 29.2 Å². The van der Waals surface area contributed by atoms with Crippen LogP contribution in [0.5, 0.6) is 0 Å². The van der Waals surface area contributed by atoms with Crippen LogP contribution in [-0.2, 0) is 11.3 Å².